The van der Waals surface area contributed by atoms with Crippen LogP contribution in [0.1, 0.15) is 42.7 Å². The van der Waals surface area contributed by atoms with Crippen LogP contribution in [-0.4, -0.2) is 42.8 Å². The maximum atomic E-state index is 12.8. The maximum absolute atomic E-state index is 12.8. The molecule has 33 heavy (non-hydrogen) atoms. The Labute approximate surface area is 192 Å². The Kier molecular flexibility index (Phi) is 5.56. The first-order chi connectivity index (χ1) is 16.0. The van der Waals surface area contributed by atoms with Crippen LogP contribution in [0.2, 0.25) is 0 Å². The molecule has 2 amide bonds. The number of rotatable bonds is 8. The molecule has 2 aromatic carbocycles. The highest BCUT2D eigenvalue weighted by molar-refractivity contribution is 5.85. The molecule has 172 valence electrons. The van der Waals surface area contributed by atoms with Crippen molar-refractivity contribution >= 4 is 18.0 Å². The molecule has 0 bridgehead atoms. The SMILES string of the molecule is O=C(NCC1(C(=O)NC[C@@H]2C[C@@H]2C(=O)O)CCC1)OCC1c2ccccc2-c2ccccc21. The van der Waals surface area contributed by atoms with Crippen LogP contribution in [0.4, 0.5) is 4.79 Å². The van der Waals surface area contributed by atoms with Crippen LogP contribution in [0.5, 0.6) is 0 Å². The Morgan fingerprint density at radius 1 is 0.970 bits per heavy atom. The van der Waals surface area contributed by atoms with Gasteiger partial charge in [0.15, 0.2) is 0 Å². The molecule has 3 aliphatic rings. The van der Waals surface area contributed by atoms with E-state index in [-0.39, 0.29) is 36.8 Å². The fourth-order valence-corrected chi connectivity index (χ4v) is 5.17. The molecule has 2 aromatic rings. The van der Waals surface area contributed by atoms with Gasteiger partial charge in [-0.05, 0) is 47.4 Å². The van der Waals surface area contributed by atoms with E-state index in [0.717, 1.165) is 17.5 Å². The third-order valence-electron chi connectivity index (χ3n) is 7.47. The molecule has 3 N–H and O–H groups in total. The molecule has 2 atom stereocenters. The van der Waals surface area contributed by atoms with Crippen molar-refractivity contribution in [3.63, 3.8) is 0 Å². The second kappa shape index (κ2) is 8.54. The van der Waals surface area contributed by atoms with Crippen LogP contribution >= 0.6 is 0 Å². The smallest absolute Gasteiger partial charge is 0.407 e. The van der Waals surface area contributed by atoms with E-state index >= 15 is 0 Å². The highest BCUT2D eigenvalue weighted by Gasteiger charge is 2.47. The molecule has 0 aliphatic heterocycles. The number of aliphatic carboxylic acids is 1. The zero-order chi connectivity index (χ0) is 23.0. The molecule has 2 fully saturated rings. The van der Waals surface area contributed by atoms with Gasteiger partial charge in [-0.3, -0.25) is 9.59 Å². The highest BCUT2D eigenvalue weighted by atomic mass is 16.5. The lowest BCUT2D eigenvalue weighted by molar-refractivity contribution is -0.139. The Morgan fingerprint density at radius 3 is 2.15 bits per heavy atom. The number of hydrogen-bond acceptors (Lipinski definition) is 4. The van der Waals surface area contributed by atoms with Crippen LogP contribution in [-0.2, 0) is 14.3 Å². The van der Waals surface area contributed by atoms with E-state index in [4.69, 9.17) is 9.84 Å². The van der Waals surface area contributed by atoms with Crippen molar-refractivity contribution in [3.8, 4) is 11.1 Å². The average Bonchev–Trinajstić information content (AvgIpc) is 3.51. The summed E-state index contributed by atoms with van der Waals surface area (Å²) in [6.07, 6.45) is 2.43. The molecule has 3 aliphatic carbocycles. The van der Waals surface area contributed by atoms with Gasteiger partial charge in [-0.1, -0.05) is 55.0 Å². The van der Waals surface area contributed by atoms with E-state index in [1.165, 1.54) is 11.1 Å². The van der Waals surface area contributed by atoms with E-state index in [1.807, 2.05) is 24.3 Å². The summed E-state index contributed by atoms with van der Waals surface area (Å²) < 4.78 is 5.59. The van der Waals surface area contributed by atoms with Crippen molar-refractivity contribution in [2.45, 2.75) is 31.6 Å². The van der Waals surface area contributed by atoms with Crippen molar-refractivity contribution < 1.29 is 24.2 Å². The van der Waals surface area contributed by atoms with Gasteiger partial charge in [0.25, 0.3) is 0 Å². The van der Waals surface area contributed by atoms with Crippen LogP contribution in [0.25, 0.3) is 11.1 Å². The molecule has 0 unspecified atom stereocenters. The Morgan fingerprint density at radius 2 is 1.61 bits per heavy atom. The first kappa shape index (κ1) is 21.5. The predicted molar refractivity (Wildman–Crippen MR) is 122 cm³/mol. The molecular weight excluding hydrogens is 420 g/mol. The number of fused-ring (bicyclic) bond motifs is 3. The van der Waals surface area contributed by atoms with Crippen LogP contribution in [0.15, 0.2) is 48.5 Å². The van der Waals surface area contributed by atoms with Crippen molar-refractivity contribution in [2.24, 2.45) is 17.3 Å². The molecule has 5 rings (SSSR count). The molecule has 0 heterocycles. The minimum Gasteiger partial charge on any atom is -0.481 e. The van der Waals surface area contributed by atoms with E-state index in [0.29, 0.717) is 25.8 Å². The standard InChI is InChI=1S/C26H28N2O5/c29-23(30)21-12-16(21)13-27-24(31)26(10-5-11-26)15-28-25(32)33-14-22-19-8-3-1-6-17(19)18-7-2-4-9-20(18)22/h1-4,6-9,16,21-22H,5,10-15H2,(H,27,31)(H,28,32)(H,29,30)/t16-,21-/m0/s1. The third kappa shape index (κ3) is 4.08. The normalized spacial score (nSPS) is 21.8. The molecule has 0 radical (unpaired) electrons. The third-order valence-corrected chi connectivity index (χ3v) is 7.47. The van der Waals surface area contributed by atoms with Crippen molar-refractivity contribution in [3.05, 3.63) is 59.7 Å². The molecule has 0 aromatic heterocycles. The average molecular weight is 449 g/mol. The molecule has 0 saturated heterocycles. The number of alkyl carbamates (subject to hydrolysis) is 1. The van der Waals surface area contributed by atoms with Gasteiger partial charge < -0.3 is 20.5 Å². The van der Waals surface area contributed by atoms with Gasteiger partial charge in [0.05, 0.1) is 11.3 Å². The van der Waals surface area contributed by atoms with Gasteiger partial charge in [-0.2, -0.15) is 0 Å². The molecular formula is C26H28N2O5. The lowest BCUT2D eigenvalue weighted by Gasteiger charge is -2.40. The first-order valence-electron chi connectivity index (χ1n) is 11.6. The van der Waals surface area contributed by atoms with Gasteiger partial charge in [0.2, 0.25) is 5.91 Å². The van der Waals surface area contributed by atoms with Crippen molar-refractivity contribution in [2.75, 3.05) is 19.7 Å². The van der Waals surface area contributed by atoms with E-state index in [9.17, 15) is 14.4 Å². The maximum Gasteiger partial charge on any atom is 0.407 e. The lowest BCUT2D eigenvalue weighted by Crippen LogP contribution is -2.52. The minimum atomic E-state index is -0.801. The fourth-order valence-electron chi connectivity index (χ4n) is 5.17. The summed E-state index contributed by atoms with van der Waals surface area (Å²) in [5, 5.41) is 14.7. The van der Waals surface area contributed by atoms with Gasteiger partial charge >= 0.3 is 12.1 Å². The zero-order valence-corrected chi connectivity index (χ0v) is 18.4. The second-order valence-electron chi connectivity index (χ2n) is 9.46. The van der Waals surface area contributed by atoms with Gasteiger partial charge in [-0.15, -0.1) is 0 Å². The quantitative estimate of drug-likeness (QED) is 0.573. The monoisotopic (exact) mass is 448 g/mol. The number of carbonyl (C=O) groups excluding carboxylic acids is 2. The minimum absolute atomic E-state index is 0.00941. The first-order valence-corrected chi connectivity index (χ1v) is 11.6. The largest absolute Gasteiger partial charge is 0.481 e. The van der Waals surface area contributed by atoms with Crippen LogP contribution in [0, 0.1) is 17.3 Å². The summed E-state index contributed by atoms with van der Waals surface area (Å²) in [5.41, 5.74) is 4.03. The van der Waals surface area contributed by atoms with Gasteiger partial charge in [0, 0.05) is 19.0 Å². The zero-order valence-electron chi connectivity index (χ0n) is 18.4. The summed E-state index contributed by atoms with van der Waals surface area (Å²) in [7, 11) is 0. The van der Waals surface area contributed by atoms with Crippen LogP contribution in [0.3, 0.4) is 0 Å². The molecule has 0 spiro atoms. The number of nitrogens with one attached hydrogen (secondary N) is 2. The number of ether oxygens (including phenoxy) is 1. The number of carboxylic acid groups (broad SMARTS) is 1. The Hall–Kier alpha value is -3.35. The number of amides is 2. The fraction of sp³-hybridized carbons (Fsp3) is 0.423. The molecule has 7 heteroatoms. The van der Waals surface area contributed by atoms with E-state index in [2.05, 4.69) is 34.9 Å². The number of carboxylic acids is 1. The number of benzene rings is 2. The summed E-state index contributed by atoms with van der Waals surface area (Å²) in [6, 6.07) is 16.3. The topological polar surface area (TPSA) is 105 Å². The Balaban J connectivity index is 1.14. The summed E-state index contributed by atoms with van der Waals surface area (Å²) >= 11 is 0. The number of hydrogen-bond donors (Lipinski definition) is 3. The second-order valence-corrected chi connectivity index (χ2v) is 9.46. The molecule has 2 saturated carbocycles. The van der Waals surface area contributed by atoms with Crippen molar-refractivity contribution in [1.29, 1.82) is 0 Å². The Bertz CT molecular complexity index is 1050. The highest BCUT2D eigenvalue weighted by Crippen LogP contribution is 2.45. The van der Waals surface area contributed by atoms with Gasteiger partial charge in [0.1, 0.15) is 6.61 Å². The van der Waals surface area contributed by atoms with Crippen molar-refractivity contribution in [1.82, 2.24) is 10.6 Å². The van der Waals surface area contributed by atoms with Crippen LogP contribution < -0.4 is 10.6 Å². The van der Waals surface area contributed by atoms with E-state index < -0.39 is 17.5 Å². The summed E-state index contributed by atoms with van der Waals surface area (Å²) in [4.78, 5) is 36.2. The predicted octanol–water partition coefficient (Wildman–Crippen LogP) is 3.53. The number of carbonyl (C=O) groups is 3. The lowest BCUT2D eigenvalue weighted by atomic mass is 9.68. The van der Waals surface area contributed by atoms with E-state index in [1.54, 1.807) is 0 Å². The van der Waals surface area contributed by atoms with Gasteiger partial charge in [-0.25, -0.2) is 4.79 Å². The summed E-state index contributed by atoms with van der Waals surface area (Å²) in [6.45, 7) is 0.836. The molecule has 7 nitrogen and oxygen atoms in total. The summed E-state index contributed by atoms with van der Waals surface area (Å²) in [5.74, 6) is -1.25.